The molecule has 1 saturated heterocycles. The number of hydrogen-bond acceptors (Lipinski definition) is 2. The second-order valence-electron chi connectivity index (χ2n) is 5.25. The average Bonchev–Trinajstić information content (AvgIpc) is 2.99. The Kier molecular flexibility index (Phi) is 2.92. The maximum Gasteiger partial charge on any atom is 0.110 e. The van der Waals surface area contributed by atoms with E-state index in [9.17, 15) is 0 Å². The number of aromatic amines is 1. The molecule has 2 aromatic rings. The Morgan fingerprint density at radius 1 is 1.17 bits per heavy atom. The highest BCUT2D eigenvalue weighted by Crippen LogP contribution is 2.24. The summed E-state index contributed by atoms with van der Waals surface area (Å²) in [6, 6.07) is 6.61. The summed E-state index contributed by atoms with van der Waals surface area (Å²) in [5, 5.41) is 3.38. The molecule has 94 valence electrons. The van der Waals surface area contributed by atoms with Crippen LogP contribution in [0.5, 0.6) is 0 Å². The first-order valence-electron chi connectivity index (χ1n) is 6.56. The summed E-state index contributed by atoms with van der Waals surface area (Å²) >= 11 is 0. The van der Waals surface area contributed by atoms with Gasteiger partial charge in [0.15, 0.2) is 0 Å². The Hall–Kier alpha value is -1.61. The monoisotopic (exact) mass is 241 g/mol. The van der Waals surface area contributed by atoms with Crippen LogP contribution in [-0.4, -0.2) is 23.1 Å². The molecule has 3 rings (SSSR count). The van der Waals surface area contributed by atoms with Crippen LogP contribution in [0, 0.1) is 13.8 Å². The molecule has 1 aromatic carbocycles. The van der Waals surface area contributed by atoms with Crippen molar-refractivity contribution in [3.8, 4) is 11.3 Å². The van der Waals surface area contributed by atoms with Crippen molar-refractivity contribution in [2.24, 2.45) is 0 Å². The van der Waals surface area contributed by atoms with Crippen molar-refractivity contribution in [3.05, 3.63) is 41.3 Å². The fraction of sp³-hybridized carbons (Fsp3) is 0.400. The van der Waals surface area contributed by atoms with Crippen LogP contribution in [0.25, 0.3) is 11.3 Å². The van der Waals surface area contributed by atoms with Gasteiger partial charge in [-0.3, -0.25) is 0 Å². The molecule has 0 radical (unpaired) electrons. The molecule has 18 heavy (non-hydrogen) atoms. The van der Waals surface area contributed by atoms with E-state index in [0.717, 1.165) is 24.6 Å². The fourth-order valence-corrected chi connectivity index (χ4v) is 2.71. The number of hydrogen-bond donors (Lipinski definition) is 2. The largest absolute Gasteiger partial charge is 0.342 e. The molecule has 3 nitrogen and oxygen atoms in total. The predicted molar refractivity (Wildman–Crippen MR) is 73.7 cm³/mol. The minimum Gasteiger partial charge on any atom is -0.342 e. The van der Waals surface area contributed by atoms with Gasteiger partial charge in [0.1, 0.15) is 5.82 Å². The van der Waals surface area contributed by atoms with E-state index in [0.29, 0.717) is 5.92 Å². The molecular weight excluding hydrogens is 222 g/mol. The molecule has 1 aliphatic rings. The molecule has 0 bridgehead atoms. The summed E-state index contributed by atoms with van der Waals surface area (Å²) in [6.07, 6.45) is 3.14. The molecule has 0 aliphatic carbocycles. The summed E-state index contributed by atoms with van der Waals surface area (Å²) in [4.78, 5) is 8.01. The quantitative estimate of drug-likeness (QED) is 0.848. The molecule has 0 amide bonds. The number of nitrogens with zero attached hydrogens (tertiary/aromatic N) is 1. The van der Waals surface area contributed by atoms with Crippen molar-refractivity contribution in [2.75, 3.05) is 13.1 Å². The van der Waals surface area contributed by atoms with Crippen LogP contribution in [0.15, 0.2) is 24.4 Å². The third kappa shape index (κ3) is 2.18. The number of H-pyrrole nitrogens is 1. The minimum atomic E-state index is 0.546. The Morgan fingerprint density at radius 3 is 2.61 bits per heavy atom. The van der Waals surface area contributed by atoms with Crippen LogP contribution in [-0.2, 0) is 0 Å². The molecule has 1 aromatic heterocycles. The molecule has 2 N–H and O–H groups in total. The average molecular weight is 241 g/mol. The molecule has 2 heterocycles. The Balaban J connectivity index is 1.92. The molecule has 1 aliphatic heterocycles. The van der Waals surface area contributed by atoms with Crippen molar-refractivity contribution in [1.29, 1.82) is 0 Å². The number of nitrogens with one attached hydrogen (secondary N) is 2. The van der Waals surface area contributed by atoms with Gasteiger partial charge >= 0.3 is 0 Å². The molecule has 1 fully saturated rings. The van der Waals surface area contributed by atoms with Crippen molar-refractivity contribution in [3.63, 3.8) is 0 Å². The van der Waals surface area contributed by atoms with E-state index in [1.807, 2.05) is 6.20 Å². The number of aromatic nitrogens is 2. The summed E-state index contributed by atoms with van der Waals surface area (Å²) in [6.45, 7) is 6.41. The molecule has 0 spiro atoms. The lowest BCUT2D eigenvalue weighted by atomic mass is 10.1. The first kappa shape index (κ1) is 11.5. The van der Waals surface area contributed by atoms with Gasteiger partial charge in [0, 0.05) is 18.0 Å². The first-order valence-corrected chi connectivity index (χ1v) is 6.56. The zero-order valence-electron chi connectivity index (χ0n) is 11.0. The summed E-state index contributed by atoms with van der Waals surface area (Å²) < 4.78 is 0. The highest BCUT2D eigenvalue weighted by atomic mass is 15.0. The first-order chi connectivity index (χ1) is 8.72. The van der Waals surface area contributed by atoms with E-state index in [2.05, 4.69) is 47.3 Å². The van der Waals surface area contributed by atoms with Crippen LogP contribution in [0.4, 0.5) is 0 Å². The zero-order chi connectivity index (χ0) is 12.5. The third-order valence-electron chi connectivity index (χ3n) is 3.58. The van der Waals surface area contributed by atoms with E-state index in [1.54, 1.807) is 0 Å². The van der Waals surface area contributed by atoms with E-state index in [-0.39, 0.29) is 0 Å². The van der Waals surface area contributed by atoms with Gasteiger partial charge in [-0.05, 0) is 38.9 Å². The van der Waals surface area contributed by atoms with Gasteiger partial charge in [0.2, 0.25) is 0 Å². The number of benzene rings is 1. The van der Waals surface area contributed by atoms with Gasteiger partial charge in [-0.1, -0.05) is 17.2 Å². The molecule has 1 unspecified atom stereocenters. The van der Waals surface area contributed by atoms with Crippen molar-refractivity contribution >= 4 is 0 Å². The van der Waals surface area contributed by atoms with Gasteiger partial charge in [-0.25, -0.2) is 4.98 Å². The highest BCUT2D eigenvalue weighted by Gasteiger charge is 2.19. The van der Waals surface area contributed by atoms with Gasteiger partial charge in [0.25, 0.3) is 0 Å². The lowest BCUT2D eigenvalue weighted by Crippen LogP contribution is -2.08. The Bertz CT molecular complexity index is 530. The zero-order valence-corrected chi connectivity index (χ0v) is 11.0. The SMILES string of the molecule is Cc1cc(C)cc(-c2cnc(C3CCNC3)[nH]2)c1. The van der Waals surface area contributed by atoms with Crippen molar-refractivity contribution in [1.82, 2.24) is 15.3 Å². The molecule has 0 saturated carbocycles. The third-order valence-corrected chi connectivity index (χ3v) is 3.58. The van der Waals surface area contributed by atoms with Crippen LogP contribution in [0.3, 0.4) is 0 Å². The van der Waals surface area contributed by atoms with E-state index in [1.165, 1.54) is 23.1 Å². The standard InChI is InChI=1S/C15H19N3/c1-10-5-11(2)7-13(6-10)14-9-17-15(18-14)12-3-4-16-8-12/h5-7,9,12,16H,3-4,8H2,1-2H3,(H,17,18). The predicted octanol–water partition coefficient (Wildman–Crippen LogP) is 2.77. The summed E-state index contributed by atoms with van der Waals surface area (Å²) in [7, 11) is 0. The lowest BCUT2D eigenvalue weighted by Gasteiger charge is -2.04. The van der Waals surface area contributed by atoms with Crippen LogP contribution in [0.2, 0.25) is 0 Å². The summed E-state index contributed by atoms with van der Waals surface area (Å²) in [5.41, 5.74) is 4.95. The normalized spacial score (nSPS) is 19.3. The Morgan fingerprint density at radius 2 is 1.94 bits per heavy atom. The molecule has 3 heteroatoms. The van der Waals surface area contributed by atoms with Gasteiger partial charge in [-0.2, -0.15) is 0 Å². The maximum absolute atomic E-state index is 4.54. The minimum absolute atomic E-state index is 0.546. The lowest BCUT2D eigenvalue weighted by molar-refractivity contribution is 0.715. The van der Waals surface area contributed by atoms with Gasteiger partial charge in [0.05, 0.1) is 11.9 Å². The number of imidazole rings is 1. The topological polar surface area (TPSA) is 40.7 Å². The van der Waals surface area contributed by atoms with Gasteiger partial charge < -0.3 is 10.3 Å². The van der Waals surface area contributed by atoms with Crippen LogP contribution < -0.4 is 5.32 Å². The maximum atomic E-state index is 4.54. The second kappa shape index (κ2) is 4.58. The second-order valence-corrected chi connectivity index (χ2v) is 5.25. The van der Waals surface area contributed by atoms with Crippen molar-refractivity contribution < 1.29 is 0 Å². The summed E-state index contributed by atoms with van der Waals surface area (Å²) in [5.74, 6) is 1.67. The molecular formula is C15H19N3. The van der Waals surface area contributed by atoms with E-state index < -0.39 is 0 Å². The van der Waals surface area contributed by atoms with Gasteiger partial charge in [-0.15, -0.1) is 0 Å². The Labute approximate surface area is 108 Å². The number of aryl methyl sites for hydroxylation is 2. The van der Waals surface area contributed by atoms with Crippen LogP contribution in [0.1, 0.15) is 29.3 Å². The fourth-order valence-electron chi connectivity index (χ4n) is 2.71. The van der Waals surface area contributed by atoms with E-state index >= 15 is 0 Å². The van der Waals surface area contributed by atoms with E-state index in [4.69, 9.17) is 0 Å². The highest BCUT2D eigenvalue weighted by molar-refractivity contribution is 5.60. The smallest absolute Gasteiger partial charge is 0.110 e. The molecule has 1 atom stereocenters. The number of rotatable bonds is 2. The van der Waals surface area contributed by atoms with Crippen LogP contribution >= 0.6 is 0 Å². The van der Waals surface area contributed by atoms with Crippen molar-refractivity contribution in [2.45, 2.75) is 26.2 Å².